The average Bonchev–Trinajstić information content (AvgIpc) is 2.64. The Bertz CT molecular complexity index is 841. The van der Waals surface area contributed by atoms with Gasteiger partial charge in [0, 0.05) is 17.1 Å². The number of carbonyl (C=O) groups excluding carboxylic acids is 3. The highest BCUT2D eigenvalue weighted by molar-refractivity contribution is 6.35. The van der Waals surface area contributed by atoms with Crippen molar-refractivity contribution < 1.29 is 19.1 Å². The molecule has 3 amide bonds. The maximum atomic E-state index is 11.9. The molecule has 0 fully saturated rings. The van der Waals surface area contributed by atoms with Crippen molar-refractivity contribution in [2.45, 2.75) is 6.54 Å². The van der Waals surface area contributed by atoms with Crippen molar-refractivity contribution in [1.82, 2.24) is 10.6 Å². The summed E-state index contributed by atoms with van der Waals surface area (Å²) < 4.78 is 5.35. The third kappa shape index (κ3) is 6.80. The minimum Gasteiger partial charge on any atom is -0.482 e. The molecule has 0 unspecified atom stereocenters. The van der Waals surface area contributed by atoms with Gasteiger partial charge in [-0.15, -0.1) is 0 Å². The third-order valence-electron chi connectivity index (χ3n) is 3.38. The Balaban J connectivity index is 1.79. The van der Waals surface area contributed by atoms with E-state index >= 15 is 0 Å². The second kappa shape index (κ2) is 9.80. The number of primary amides is 1. The summed E-state index contributed by atoms with van der Waals surface area (Å²) in [6.45, 7) is -0.164. The SMILES string of the molecule is NC(=O)CNC(=O)c1ccc(CNC(=O)COc2ccc(Cl)cc2Cl)cc1. The molecule has 0 bridgehead atoms. The summed E-state index contributed by atoms with van der Waals surface area (Å²) >= 11 is 11.8. The molecule has 2 rings (SSSR count). The molecular formula is C18H17Cl2N3O4. The van der Waals surface area contributed by atoms with E-state index in [4.69, 9.17) is 33.7 Å². The molecule has 2 aromatic rings. The standard InChI is InChI=1S/C18H17Cl2N3O4/c19-13-5-6-15(14(20)7-13)27-10-17(25)22-8-11-1-3-12(4-2-11)18(26)23-9-16(21)24/h1-7H,8-10H2,(H2,21,24)(H,22,25)(H,23,26). The molecule has 0 atom stereocenters. The normalized spacial score (nSPS) is 10.1. The van der Waals surface area contributed by atoms with Crippen LogP contribution in [0.1, 0.15) is 15.9 Å². The molecule has 0 radical (unpaired) electrons. The first-order chi connectivity index (χ1) is 12.8. The van der Waals surface area contributed by atoms with Gasteiger partial charge in [0.2, 0.25) is 5.91 Å². The number of hydrogen-bond donors (Lipinski definition) is 3. The Hall–Kier alpha value is -2.77. The molecule has 0 aliphatic carbocycles. The van der Waals surface area contributed by atoms with Gasteiger partial charge in [-0.1, -0.05) is 35.3 Å². The van der Waals surface area contributed by atoms with Crippen LogP contribution >= 0.6 is 23.2 Å². The zero-order valence-electron chi connectivity index (χ0n) is 14.1. The fraction of sp³-hybridized carbons (Fsp3) is 0.167. The molecule has 0 aliphatic rings. The number of ether oxygens (including phenoxy) is 1. The number of carbonyl (C=O) groups is 3. The van der Waals surface area contributed by atoms with Gasteiger partial charge in [0.25, 0.3) is 11.8 Å². The quantitative estimate of drug-likeness (QED) is 0.617. The van der Waals surface area contributed by atoms with Crippen molar-refractivity contribution in [3.05, 3.63) is 63.6 Å². The Labute approximate surface area is 165 Å². The van der Waals surface area contributed by atoms with Crippen molar-refractivity contribution in [3.63, 3.8) is 0 Å². The van der Waals surface area contributed by atoms with Crippen LogP contribution < -0.4 is 21.1 Å². The molecule has 7 nitrogen and oxygen atoms in total. The number of halogens is 2. The Kier molecular flexibility index (Phi) is 7.45. The van der Waals surface area contributed by atoms with E-state index in [2.05, 4.69) is 10.6 Å². The molecule has 0 heterocycles. The second-order valence-electron chi connectivity index (χ2n) is 5.49. The van der Waals surface area contributed by atoms with E-state index in [1.807, 2.05) is 0 Å². The van der Waals surface area contributed by atoms with E-state index in [1.165, 1.54) is 6.07 Å². The Morgan fingerprint density at radius 1 is 1.00 bits per heavy atom. The van der Waals surface area contributed by atoms with Gasteiger partial charge in [-0.05, 0) is 35.9 Å². The smallest absolute Gasteiger partial charge is 0.258 e. The van der Waals surface area contributed by atoms with E-state index in [1.54, 1.807) is 36.4 Å². The molecule has 0 aliphatic heterocycles. The number of amides is 3. The topological polar surface area (TPSA) is 111 Å². The Morgan fingerprint density at radius 3 is 2.33 bits per heavy atom. The van der Waals surface area contributed by atoms with E-state index in [9.17, 15) is 14.4 Å². The fourth-order valence-electron chi connectivity index (χ4n) is 2.03. The van der Waals surface area contributed by atoms with Crippen molar-refractivity contribution >= 4 is 40.9 Å². The van der Waals surface area contributed by atoms with E-state index in [-0.39, 0.29) is 25.6 Å². The molecular weight excluding hydrogens is 393 g/mol. The van der Waals surface area contributed by atoms with Gasteiger partial charge in [-0.25, -0.2) is 0 Å². The molecule has 27 heavy (non-hydrogen) atoms. The van der Waals surface area contributed by atoms with Crippen molar-refractivity contribution in [2.75, 3.05) is 13.2 Å². The van der Waals surface area contributed by atoms with Gasteiger partial charge in [-0.3, -0.25) is 14.4 Å². The highest BCUT2D eigenvalue weighted by atomic mass is 35.5. The number of nitrogens with two attached hydrogens (primary N) is 1. The molecule has 9 heteroatoms. The summed E-state index contributed by atoms with van der Waals surface area (Å²) in [5, 5.41) is 5.88. The first kappa shape index (κ1) is 20.5. The average molecular weight is 410 g/mol. The van der Waals surface area contributed by atoms with Crippen LogP contribution in [0, 0.1) is 0 Å². The minimum atomic E-state index is -0.621. The number of benzene rings is 2. The van der Waals surface area contributed by atoms with Crippen LogP contribution in [-0.2, 0) is 16.1 Å². The monoisotopic (exact) mass is 409 g/mol. The number of nitrogens with one attached hydrogen (secondary N) is 2. The summed E-state index contributed by atoms with van der Waals surface area (Å²) in [6.07, 6.45) is 0. The van der Waals surface area contributed by atoms with Crippen LogP contribution in [0.15, 0.2) is 42.5 Å². The molecule has 4 N–H and O–H groups in total. The van der Waals surface area contributed by atoms with E-state index in [0.717, 1.165) is 5.56 Å². The second-order valence-corrected chi connectivity index (χ2v) is 6.33. The van der Waals surface area contributed by atoms with Crippen molar-refractivity contribution in [1.29, 1.82) is 0 Å². The zero-order chi connectivity index (χ0) is 19.8. The highest BCUT2D eigenvalue weighted by Gasteiger charge is 2.08. The molecule has 0 spiro atoms. The maximum Gasteiger partial charge on any atom is 0.258 e. The molecule has 0 saturated carbocycles. The summed E-state index contributed by atoms with van der Waals surface area (Å²) in [5.41, 5.74) is 6.14. The van der Waals surface area contributed by atoms with E-state index in [0.29, 0.717) is 21.4 Å². The predicted molar refractivity (Wildman–Crippen MR) is 102 cm³/mol. The van der Waals surface area contributed by atoms with Crippen molar-refractivity contribution in [2.24, 2.45) is 5.73 Å². The lowest BCUT2D eigenvalue weighted by Gasteiger charge is -2.09. The largest absolute Gasteiger partial charge is 0.482 e. The fourth-order valence-corrected chi connectivity index (χ4v) is 2.49. The lowest BCUT2D eigenvalue weighted by atomic mass is 10.1. The first-order valence-electron chi connectivity index (χ1n) is 7.85. The lowest BCUT2D eigenvalue weighted by molar-refractivity contribution is -0.123. The summed E-state index contributed by atoms with van der Waals surface area (Å²) in [7, 11) is 0. The number of hydrogen-bond acceptors (Lipinski definition) is 4. The van der Waals surface area contributed by atoms with Crippen LogP contribution in [0.5, 0.6) is 5.75 Å². The van der Waals surface area contributed by atoms with E-state index < -0.39 is 11.8 Å². The van der Waals surface area contributed by atoms with Gasteiger partial charge in [0.15, 0.2) is 6.61 Å². The van der Waals surface area contributed by atoms with Crippen LogP contribution in [0.25, 0.3) is 0 Å². The van der Waals surface area contributed by atoms with Crippen molar-refractivity contribution in [3.8, 4) is 5.75 Å². The third-order valence-corrected chi connectivity index (χ3v) is 3.91. The maximum absolute atomic E-state index is 11.9. The van der Waals surface area contributed by atoms with Gasteiger partial charge in [0.1, 0.15) is 5.75 Å². The zero-order valence-corrected chi connectivity index (χ0v) is 15.6. The molecule has 0 aromatic heterocycles. The van der Waals surface area contributed by atoms with Crippen LogP contribution in [0.3, 0.4) is 0 Å². The van der Waals surface area contributed by atoms with Gasteiger partial charge < -0.3 is 21.1 Å². The van der Waals surface area contributed by atoms with Crippen LogP contribution in [-0.4, -0.2) is 30.9 Å². The number of rotatable bonds is 8. The molecule has 142 valence electrons. The van der Waals surface area contributed by atoms with Gasteiger partial charge in [-0.2, -0.15) is 0 Å². The van der Waals surface area contributed by atoms with Crippen LogP contribution in [0.2, 0.25) is 10.0 Å². The van der Waals surface area contributed by atoms with Crippen LogP contribution in [0.4, 0.5) is 0 Å². The highest BCUT2D eigenvalue weighted by Crippen LogP contribution is 2.27. The first-order valence-corrected chi connectivity index (χ1v) is 8.60. The van der Waals surface area contributed by atoms with Gasteiger partial charge in [0.05, 0.1) is 11.6 Å². The summed E-state index contributed by atoms with van der Waals surface area (Å²) in [4.78, 5) is 34.3. The molecule has 0 saturated heterocycles. The molecule has 2 aromatic carbocycles. The predicted octanol–water partition coefficient (Wildman–Crippen LogP) is 1.90. The van der Waals surface area contributed by atoms with Gasteiger partial charge >= 0.3 is 0 Å². The Morgan fingerprint density at radius 2 is 1.70 bits per heavy atom. The minimum absolute atomic E-state index is 0.199. The lowest BCUT2D eigenvalue weighted by Crippen LogP contribution is -2.33. The summed E-state index contributed by atoms with van der Waals surface area (Å²) in [6, 6.07) is 11.3. The summed E-state index contributed by atoms with van der Waals surface area (Å²) in [5.74, 6) is -0.991.